The maximum absolute atomic E-state index is 12.1. The molecular formula is C19H18O6. The lowest BCUT2D eigenvalue weighted by atomic mass is 10.1. The Bertz CT molecular complexity index is 753. The second-order valence-corrected chi connectivity index (χ2v) is 5.35. The second-order valence-electron chi connectivity index (χ2n) is 5.35. The van der Waals surface area contributed by atoms with Crippen molar-refractivity contribution in [2.45, 2.75) is 13.0 Å². The van der Waals surface area contributed by atoms with E-state index in [4.69, 9.17) is 18.9 Å². The number of ketones is 1. The predicted octanol–water partition coefficient (Wildman–Crippen LogP) is 2.65. The van der Waals surface area contributed by atoms with Crippen molar-refractivity contribution in [2.24, 2.45) is 0 Å². The van der Waals surface area contributed by atoms with Crippen LogP contribution in [0.4, 0.5) is 0 Å². The summed E-state index contributed by atoms with van der Waals surface area (Å²) in [7, 11) is 0. The van der Waals surface area contributed by atoms with Gasteiger partial charge in [-0.1, -0.05) is 12.1 Å². The fourth-order valence-corrected chi connectivity index (χ4v) is 2.35. The van der Waals surface area contributed by atoms with Gasteiger partial charge in [0.25, 0.3) is 0 Å². The van der Waals surface area contributed by atoms with E-state index in [1.54, 1.807) is 42.5 Å². The summed E-state index contributed by atoms with van der Waals surface area (Å²) in [6.07, 6.45) is -0.886. The Morgan fingerprint density at radius 3 is 2.52 bits per heavy atom. The molecule has 0 aromatic heterocycles. The topological polar surface area (TPSA) is 71.1 Å². The summed E-state index contributed by atoms with van der Waals surface area (Å²) >= 11 is 0. The minimum atomic E-state index is -0.886. The van der Waals surface area contributed by atoms with Crippen LogP contribution in [-0.4, -0.2) is 37.7 Å². The van der Waals surface area contributed by atoms with E-state index in [1.807, 2.05) is 13.0 Å². The van der Waals surface area contributed by atoms with Crippen molar-refractivity contribution in [1.82, 2.24) is 0 Å². The third-order valence-corrected chi connectivity index (χ3v) is 3.60. The molecule has 130 valence electrons. The largest absolute Gasteiger partial charge is 0.494 e. The summed E-state index contributed by atoms with van der Waals surface area (Å²) in [6.45, 7) is 2.13. The lowest BCUT2D eigenvalue weighted by molar-refractivity contribution is -0.153. The van der Waals surface area contributed by atoms with Crippen molar-refractivity contribution in [3.8, 4) is 17.2 Å². The van der Waals surface area contributed by atoms with Crippen LogP contribution in [0.25, 0.3) is 0 Å². The van der Waals surface area contributed by atoms with Crippen LogP contribution in [0.5, 0.6) is 17.2 Å². The Balaban J connectivity index is 1.53. The van der Waals surface area contributed by atoms with Gasteiger partial charge in [0, 0.05) is 5.56 Å². The first-order valence-electron chi connectivity index (χ1n) is 7.98. The van der Waals surface area contributed by atoms with E-state index < -0.39 is 12.1 Å². The summed E-state index contributed by atoms with van der Waals surface area (Å²) in [4.78, 5) is 24.2. The highest BCUT2D eigenvalue weighted by molar-refractivity contribution is 5.98. The monoisotopic (exact) mass is 342 g/mol. The highest BCUT2D eigenvalue weighted by Crippen LogP contribution is 2.31. The van der Waals surface area contributed by atoms with Crippen molar-refractivity contribution in [3.05, 3.63) is 54.1 Å². The van der Waals surface area contributed by atoms with Gasteiger partial charge in [-0.05, 0) is 43.3 Å². The summed E-state index contributed by atoms with van der Waals surface area (Å²) in [5.41, 5.74) is 0.447. The fraction of sp³-hybridized carbons (Fsp3) is 0.263. The third kappa shape index (κ3) is 4.09. The molecule has 0 amide bonds. The molecule has 0 fully saturated rings. The molecule has 2 aromatic rings. The van der Waals surface area contributed by atoms with Gasteiger partial charge in [0.1, 0.15) is 12.4 Å². The van der Waals surface area contributed by atoms with Crippen molar-refractivity contribution < 1.29 is 28.5 Å². The van der Waals surface area contributed by atoms with Gasteiger partial charge >= 0.3 is 5.97 Å². The Morgan fingerprint density at radius 1 is 1.08 bits per heavy atom. The zero-order valence-corrected chi connectivity index (χ0v) is 13.8. The predicted molar refractivity (Wildman–Crippen MR) is 89.3 cm³/mol. The van der Waals surface area contributed by atoms with E-state index in [9.17, 15) is 9.59 Å². The van der Waals surface area contributed by atoms with Crippen LogP contribution in [0.15, 0.2) is 48.5 Å². The average molecular weight is 342 g/mol. The van der Waals surface area contributed by atoms with Gasteiger partial charge in [0.05, 0.1) is 6.61 Å². The summed E-state index contributed by atoms with van der Waals surface area (Å²) < 4.78 is 21.4. The lowest BCUT2D eigenvalue weighted by Crippen LogP contribution is -2.38. The molecule has 3 rings (SSSR count). The zero-order chi connectivity index (χ0) is 17.6. The summed E-state index contributed by atoms with van der Waals surface area (Å²) in [5.74, 6) is 0.815. The fourth-order valence-electron chi connectivity index (χ4n) is 2.35. The first-order valence-corrected chi connectivity index (χ1v) is 7.98. The SMILES string of the molecule is CCOc1ccc(C(=O)COC(=O)[C@@H]2COc3ccccc3O2)cc1. The third-order valence-electron chi connectivity index (χ3n) is 3.60. The standard InChI is InChI=1S/C19H18O6/c1-2-22-14-9-7-13(8-10-14)15(20)11-24-19(21)18-12-23-16-5-3-4-6-17(16)25-18/h3-10,18H,2,11-12H2,1H3/t18-/m0/s1. The van der Waals surface area contributed by atoms with E-state index >= 15 is 0 Å². The zero-order valence-electron chi connectivity index (χ0n) is 13.8. The molecule has 25 heavy (non-hydrogen) atoms. The molecule has 1 aliphatic heterocycles. The van der Waals surface area contributed by atoms with E-state index in [0.717, 1.165) is 0 Å². The van der Waals surface area contributed by atoms with Crippen LogP contribution in [-0.2, 0) is 9.53 Å². The molecule has 0 aliphatic carbocycles. The number of fused-ring (bicyclic) bond motifs is 1. The van der Waals surface area contributed by atoms with Crippen LogP contribution < -0.4 is 14.2 Å². The molecule has 0 radical (unpaired) electrons. The maximum Gasteiger partial charge on any atom is 0.351 e. The molecule has 6 heteroatoms. The Morgan fingerprint density at radius 2 is 1.80 bits per heavy atom. The van der Waals surface area contributed by atoms with Crippen LogP contribution in [0.1, 0.15) is 17.3 Å². The number of ether oxygens (including phenoxy) is 4. The number of hydrogen-bond acceptors (Lipinski definition) is 6. The van der Waals surface area contributed by atoms with Gasteiger partial charge in [0.15, 0.2) is 23.9 Å². The minimum Gasteiger partial charge on any atom is -0.494 e. The Kier molecular flexibility index (Phi) is 5.18. The normalized spacial score (nSPS) is 15.3. The molecule has 0 bridgehead atoms. The number of esters is 1. The van der Waals surface area contributed by atoms with Gasteiger partial charge in [-0.15, -0.1) is 0 Å². The molecule has 0 spiro atoms. The number of Topliss-reactive ketones (excluding diaryl/α,β-unsaturated/α-hetero) is 1. The summed E-state index contributed by atoms with van der Waals surface area (Å²) in [5, 5.41) is 0. The van der Waals surface area contributed by atoms with Gasteiger partial charge in [0.2, 0.25) is 6.10 Å². The smallest absolute Gasteiger partial charge is 0.351 e. The molecular weight excluding hydrogens is 324 g/mol. The number of carbonyl (C=O) groups is 2. The molecule has 0 saturated heterocycles. The summed E-state index contributed by atoms with van der Waals surface area (Å²) in [6, 6.07) is 13.7. The van der Waals surface area contributed by atoms with Crippen molar-refractivity contribution in [3.63, 3.8) is 0 Å². The number of rotatable bonds is 6. The number of hydrogen-bond donors (Lipinski definition) is 0. The Labute approximate surface area is 145 Å². The van der Waals surface area contributed by atoms with Crippen LogP contribution in [0.2, 0.25) is 0 Å². The molecule has 2 aromatic carbocycles. The lowest BCUT2D eigenvalue weighted by Gasteiger charge is -2.24. The molecule has 0 N–H and O–H groups in total. The quantitative estimate of drug-likeness (QED) is 0.594. The molecule has 6 nitrogen and oxygen atoms in total. The molecule has 1 aliphatic rings. The Hall–Kier alpha value is -3.02. The van der Waals surface area contributed by atoms with Crippen molar-refractivity contribution in [2.75, 3.05) is 19.8 Å². The average Bonchev–Trinajstić information content (AvgIpc) is 2.66. The van der Waals surface area contributed by atoms with Gasteiger partial charge in [-0.3, -0.25) is 4.79 Å². The van der Waals surface area contributed by atoms with Gasteiger partial charge in [-0.25, -0.2) is 4.79 Å². The van der Waals surface area contributed by atoms with E-state index in [0.29, 0.717) is 29.4 Å². The first kappa shape index (κ1) is 16.8. The number of para-hydroxylation sites is 2. The highest BCUT2D eigenvalue weighted by Gasteiger charge is 2.29. The van der Waals surface area contributed by atoms with Gasteiger partial charge in [-0.2, -0.15) is 0 Å². The van der Waals surface area contributed by atoms with E-state index in [-0.39, 0.29) is 19.0 Å². The molecule has 0 saturated carbocycles. The molecule has 1 heterocycles. The van der Waals surface area contributed by atoms with Crippen molar-refractivity contribution in [1.29, 1.82) is 0 Å². The van der Waals surface area contributed by atoms with E-state index in [2.05, 4.69) is 0 Å². The maximum atomic E-state index is 12.1. The highest BCUT2D eigenvalue weighted by atomic mass is 16.6. The number of carbonyl (C=O) groups excluding carboxylic acids is 2. The molecule has 0 unspecified atom stereocenters. The van der Waals surface area contributed by atoms with Crippen LogP contribution in [0, 0.1) is 0 Å². The van der Waals surface area contributed by atoms with E-state index in [1.165, 1.54) is 0 Å². The minimum absolute atomic E-state index is 0.0487. The molecule has 1 atom stereocenters. The second kappa shape index (κ2) is 7.70. The number of benzene rings is 2. The van der Waals surface area contributed by atoms with Crippen LogP contribution in [0.3, 0.4) is 0 Å². The first-order chi connectivity index (χ1) is 12.2. The van der Waals surface area contributed by atoms with Crippen LogP contribution >= 0.6 is 0 Å². The van der Waals surface area contributed by atoms with Crippen molar-refractivity contribution >= 4 is 11.8 Å². The van der Waals surface area contributed by atoms with Gasteiger partial charge < -0.3 is 18.9 Å².